The smallest absolute Gasteiger partial charge is 0.305 e. The van der Waals surface area contributed by atoms with Gasteiger partial charge in [-0.3, -0.25) is 14.9 Å². The molecule has 0 aromatic carbocycles. The second kappa shape index (κ2) is 6.29. The van der Waals surface area contributed by atoms with Gasteiger partial charge in [0, 0.05) is 12.1 Å². The molecule has 0 saturated carbocycles. The van der Waals surface area contributed by atoms with Gasteiger partial charge in [-0.05, 0) is 22.4 Å². The Kier molecular flexibility index (Phi) is 5.02. The predicted octanol–water partition coefficient (Wildman–Crippen LogP) is 2.42. The fourth-order valence-corrected chi connectivity index (χ4v) is 1.79. The van der Waals surface area contributed by atoms with Crippen molar-refractivity contribution in [1.29, 1.82) is 0 Å². The Bertz CT molecular complexity index is 466. The topological polar surface area (TPSA) is 105 Å². The number of anilines is 1. The van der Waals surface area contributed by atoms with E-state index in [1.165, 1.54) is 6.07 Å². The second-order valence-corrected chi connectivity index (χ2v) is 4.48. The summed E-state index contributed by atoms with van der Waals surface area (Å²) in [4.78, 5) is 24.5. The van der Waals surface area contributed by atoms with Gasteiger partial charge in [0.05, 0.1) is 15.8 Å². The number of carboxylic acids is 1. The number of aromatic nitrogens is 1. The average molecular weight is 318 g/mol. The maximum atomic E-state index is 10.6. The lowest BCUT2D eigenvalue weighted by Crippen LogP contribution is -2.23. The zero-order valence-electron chi connectivity index (χ0n) is 9.59. The summed E-state index contributed by atoms with van der Waals surface area (Å²) in [6.07, 6.45) is 1.69. The van der Waals surface area contributed by atoms with Crippen LogP contribution >= 0.6 is 15.9 Å². The van der Waals surface area contributed by atoms with Crippen molar-refractivity contribution >= 4 is 33.4 Å². The summed E-state index contributed by atoms with van der Waals surface area (Å²) >= 11 is 3.16. The number of rotatable bonds is 6. The number of nitro groups is 1. The highest BCUT2D eigenvalue weighted by Gasteiger charge is 2.15. The molecule has 8 heteroatoms. The van der Waals surface area contributed by atoms with E-state index in [4.69, 9.17) is 5.11 Å². The molecule has 0 aliphatic rings. The molecule has 1 atom stereocenters. The Morgan fingerprint density at radius 2 is 2.39 bits per heavy atom. The van der Waals surface area contributed by atoms with Crippen LogP contribution < -0.4 is 5.32 Å². The van der Waals surface area contributed by atoms with Gasteiger partial charge in [-0.15, -0.1) is 0 Å². The number of carboxylic acid groups (broad SMARTS) is 1. The van der Waals surface area contributed by atoms with Crippen molar-refractivity contribution < 1.29 is 14.8 Å². The minimum atomic E-state index is -0.910. The zero-order valence-corrected chi connectivity index (χ0v) is 11.2. The van der Waals surface area contributed by atoms with Gasteiger partial charge in [-0.2, -0.15) is 0 Å². The summed E-state index contributed by atoms with van der Waals surface area (Å²) in [7, 11) is 0. The molecule has 0 radical (unpaired) electrons. The molecule has 0 aliphatic heterocycles. The van der Waals surface area contributed by atoms with Crippen LogP contribution in [0.2, 0.25) is 0 Å². The van der Waals surface area contributed by atoms with Crippen LogP contribution in [0.5, 0.6) is 0 Å². The molecular weight excluding hydrogens is 306 g/mol. The highest BCUT2D eigenvalue weighted by atomic mass is 79.9. The van der Waals surface area contributed by atoms with Crippen LogP contribution in [0.4, 0.5) is 11.5 Å². The lowest BCUT2D eigenvalue weighted by molar-refractivity contribution is -0.385. The molecule has 1 heterocycles. The first-order chi connectivity index (χ1) is 8.43. The summed E-state index contributed by atoms with van der Waals surface area (Å²) < 4.78 is 0.431. The van der Waals surface area contributed by atoms with Crippen molar-refractivity contribution in [1.82, 2.24) is 4.98 Å². The van der Waals surface area contributed by atoms with E-state index in [9.17, 15) is 14.9 Å². The summed E-state index contributed by atoms with van der Waals surface area (Å²) in [5.41, 5.74) is -0.126. The standard InChI is InChI=1S/C10H12BrN3O4/c1-2-6(3-9(15)16)13-10-8(11)4-7(5-12-10)14(17)18/h4-6H,2-3H2,1H3,(H,12,13)(H,15,16). The highest BCUT2D eigenvalue weighted by Crippen LogP contribution is 2.25. The maximum absolute atomic E-state index is 10.6. The summed E-state index contributed by atoms with van der Waals surface area (Å²) in [5.74, 6) is -0.513. The van der Waals surface area contributed by atoms with Crippen LogP contribution in [0.15, 0.2) is 16.7 Å². The quantitative estimate of drug-likeness (QED) is 0.616. The lowest BCUT2D eigenvalue weighted by atomic mass is 10.1. The van der Waals surface area contributed by atoms with Crippen molar-refractivity contribution in [2.24, 2.45) is 0 Å². The third kappa shape index (κ3) is 3.95. The largest absolute Gasteiger partial charge is 0.481 e. The van der Waals surface area contributed by atoms with Gasteiger partial charge < -0.3 is 10.4 Å². The first kappa shape index (κ1) is 14.4. The van der Waals surface area contributed by atoms with Crippen LogP contribution in [-0.4, -0.2) is 27.0 Å². The van der Waals surface area contributed by atoms with Crippen molar-refractivity contribution in [3.63, 3.8) is 0 Å². The number of pyridine rings is 1. The fraction of sp³-hybridized carbons (Fsp3) is 0.400. The van der Waals surface area contributed by atoms with Crippen LogP contribution in [0, 0.1) is 10.1 Å². The van der Waals surface area contributed by atoms with Crippen molar-refractivity contribution in [2.45, 2.75) is 25.8 Å². The molecule has 1 aromatic rings. The SMILES string of the molecule is CCC(CC(=O)O)Nc1ncc([N+](=O)[O-])cc1Br. The minimum absolute atomic E-state index is 0.0401. The molecule has 1 aromatic heterocycles. The molecule has 0 amide bonds. The van der Waals surface area contributed by atoms with E-state index in [1.807, 2.05) is 6.92 Å². The molecule has 2 N–H and O–H groups in total. The predicted molar refractivity (Wildman–Crippen MR) is 68.5 cm³/mol. The maximum Gasteiger partial charge on any atom is 0.305 e. The van der Waals surface area contributed by atoms with Gasteiger partial charge in [0.2, 0.25) is 0 Å². The molecular formula is C10H12BrN3O4. The van der Waals surface area contributed by atoms with Gasteiger partial charge in [0.15, 0.2) is 0 Å². The van der Waals surface area contributed by atoms with Gasteiger partial charge in [0.25, 0.3) is 5.69 Å². The minimum Gasteiger partial charge on any atom is -0.481 e. The van der Waals surface area contributed by atoms with Crippen molar-refractivity contribution in [3.8, 4) is 0 Å². The third-order valence-electron chi connectivity index (χ3n) is 2.29. The van der Waals surface area contributed by atoms with Crippen molar-refractivity contribution in [3.05, 3.63) is 26.9 Å². The normalized spacial score (nSPS) is 11.9. The Hall–Kier alpha value is -1.70. The molecule has 0 bridgehead atoms. The molecule has 18 heavy (non-hydrogen) atoms. The van der Waals surface area contributed by atoms with E-state index < -0.39 is 10.9 Å². The first-order valence-electron chi connectivity index (χ1n) is 5.22. The van der Waals surface area contributed by atoms with E-state index in [0.717, 1.165) is 6.20 Å². The van der Waals surface area contributed by atoms with Gasteiger partial charge in [-0.25, -0.2) is 4.98 Å². The number of hydrogen-bond donors (Lipinski definition) is 2. The lowest BCUT2D eigenvalue weighted by Gasteiger charge is -2.16. The summed E-state index contributed by atoms with van der Waals surface area (Å²) in [5, 5.41) is 22.2. The molecule has 1 unspecified atom stereocenters. The molecule has 0 spiro atoms. The number of nitrogens with one attached hydrogen (secondary N) is 1. The average Bonchev–Trinajstić information content (AvgIpc) is 2.29. The monoisotopic (exact) mass is 317 g/mol. The Balaban J connectivity index is 2.83. The molecule has 98 valence electrons. The van der Waals surface area contributed by atoms with Crippen LogP contribution in [0.1, 0.15) is 19.8 Å². The Morgan fingerprint density at radius 3 is 2.83 bits per heavy atom. The van der Waals surface area contributed by atoms with Crippen molar-refractivity contribution in [2.75, 3.05) is 5.32 Å². The summed E-state index contributed by atoms with van der Waals surface area (Å²) in [6.45, 7) is 1.85. The highest BCUT2D eigenvalue weighted by molar-refractivity contribution is 9.10. The summed E-state index contributed by atoms with van der Waals surface area (Å²) in [6, 6.07) is 1.05. The van der Waals surface area contributed by atoms with Crippen LogP contribution in [0.3, 0.4) is 0 Å². The molecule has 0 fully saturated rings. The fourth-order valence-electron chi connectivity index (χ4n) is 1.34. The first-order valence-corrected chi connectivity index (χ1v) is 6.01. The second-order valence-electron chi connectivity index (χ2n) is 3.63. The number of carbonyl (C=O) groups is 1. The van der Waals surface area contributed by atoms with E-state index in [2.05, 4.69) is 26.2 Å². The van der Waals surface area contributed by atoms with E-state index in [-0.39, 0.29) is 18.2 Å². The Labute approximate surface area is 112 Å². The van der Waals surface area contributed by atoms with Crippen LogP contribution in [-0.2, 0) is 4.79 Å². The van der Waals surface area contributed by atoms with Gasteiger partial charge >= 0.3 is 5.97 Å². The number of hydrogen-bond acceptors (Lipinski definition) is 5. The zero-order chi connectivity index (χ0) is 13.7. The van der Waals surface area contributed by atoms with E-state index in [1.54, 1.807) is 0 Å². The van der Waals surface area contributed by atoms with E-state index >= 15 is 0 Å². The van der Waals surface area contributed by atoms with Crippen LogP contribution in [0.25, 0.3) is 0 Å². The number of nitrogens with zero attached hydrogens (tertiary/aromatic N) is 2. The molecule has 7 nitrogen and oxygen atoms in total. The van der Waals surface area contributed by atoms with Gasteiger partial charge in [-0.1, -0.05) is 6.92 Å². The Morgan fingerprint density at radius 1 is 1.72 bits per heavy atom. The molecule has 1 rings (SSSR count). The van der Waals surface area contributed by atoms with E-state index in [0.29, 0.717) is 16.7 Å². The number of halogens is 1. The van der Waals surface area contributed by atoms with Gasteiger partial charge in [0.1, 0.15) is 12.0 Å². The molecule has 0 saturated heterocycles. The third-order valence-corrected chi connectivity index (χ3v) is 2.90. The number of aliphatic carboxylic acids is 1. The molecule has 0 aliphatic carbocycles.